The van der Waals surface area contributed by atoms with Gasteiger partial charge in [-0.1, -0.05) is 18.2 Å². The van der Waals surface area contributed by atoms with Gasteiger partial charge in [-0.3, -0.25) is 4.90 Å². The number of nitrogen functional groups attached to an aromatic ring is 1. The number of rotatable bonds is 4. The number of hydrogen-bond donors (Lipinski definition) is 2. The van der Waals surface area contributed by atoms with Gasteiger partial charge in [-0.15, -0.1) is 0 Å². The van der Waals surface area contributed by atoms with Crippen LogP contribution in [0.5, 0.6) is 5.75 Å². The van der Waals surface area contributed by atoms with Crippen molar-refractivity contribution in [1.29, 1.82) is 0 Å². The first-order valence-electron chi connectivity index (χ1n) is 8.35. The summed E-state index contributed by atoms with van der Waals surface area (Å²) in [5, 5.41) is 9.42. The number of nitrogens with two attached hydrogens (primary N) is 1. The minimum Gasteiger partial charge on any atom is -0.508 e. The number of phenolic OH excluding ortho intramolecular Hbond substituents is 1. The van der Waals surface area contributed by atoms with Crippen molar-refractivity contribution in [1.82, 2.24) is 19.9 Å². The van der Waals surface area contributed by atoms with E-state index in [2.05, 4.69) is 32.9 Å². The highest BCUT2D eigenvalue weighted by atomic mass is 16.3. The van der Waals surface area contributed by atoms with Gasteiger partial charge >= 0.3 is 0 Å². The minimum absolute atomic E-state index is 0.0571. The summed E-state index contributed by atoms with van der Waals surface area (Å²) in [6.07, 6.45) is 3.17. The molecular weight excluding hydrogens is 316 g/mol. The van der Waals surface area contributed by atoms with Gasteiger partial charge < -0.3 is 15.7 Å². The Bertz CT molecular complexity index is 772. The molecule has 0 aliphatic carbocycles. The molecule has 0 saturated carbocycles. The average molecular weight is 340 g/mol. The topological polar surface area (TPSA) is 91.4 Å². The highest BCUT2D eigenvalue weighted by molar-refractivity contribution is 5.67. The van der Waals surface area contributed by atoms with E-state index in [-0.39, 0.29) is 12.0 Å². The van der Waals surface area contributed by atoms with E-state index in [9.17, 15) is 5.11 Å². The molecule has 1 aromatic carbocycles. The van der Waals surface area contributed by atoms with E-state index in [0.29, 0.717) is 17.5 Å². The fourth-order valence-corrected chi connectivity index (χ4v) is 2.92. The van der Waals surface area contributed by atoms with Gasteiger partial charge in [0.05, 0.1) is 6.04 Å². The zero-order valence-electron chi connectivity index (χ0n) is 14.8. The Morgan fingerprint density at radius 1 is 1.16 bits per heavy atom. The molecule has 25 heavy (non-hydrogen) atoms. The Balaban J connectivity index is 1.75. The lowest BCUT2D eigenvalue weighted by Gasteiger charge is -2.31. The van der Waals surface area contributed by atoms with E-state index in [1.165, 1.54) is 5.57 Å². The normalized spacial score (nSPS) is 16.4. The number of benzene rings is 1. The first-order valence-corrected chi connectivity index (χ1v) is 8.35. The molecular formula is C18H24N6O. The Morgan fingerprint density at radius 3 is 2.48 bits per heavy atom. The number of anilines is 2. The second-order valence-electron chi connectivity index (χ2n) is 6.44. The van der Waals surface area contributed by atoms with Gasteiger partial charge in [-0.05, 0) is 36.6 Å². The fraction of sp³-hybridized carbons (Fsp3) is 0.389. The van der Waals surface area contributed by atoms with Gasteiger partial charge in [0.15, 0.2) is 5.82 Å². The predicted molar refractivity (Wildman–Crippen MR) is 99.3 cm³/mol. The van der Waals surface area contributed by atoms with Crippen LogP contribution < -0.4 is 10.6 Å². The maximum absolute atomic E-state index is 9.42. The molecule has 0 spiro atoms. The lowest BCUT2D eigenvalue weighted by atomic mass is 9.98. The monoisotopic (exact) mass is 340 g/mol. The third kappa shape index (κ3) is 3.88. The van der Waals surface area contributed by atoms with E-state index < -0.39 is 0 Å². The Kier molecular flexibility index (Phi) is 4.85. The van der Waals surface area contributed by atoms with Crippen LogP contribution in [-0.2, 0) is 0 Å². The molecule has 1 aromatic heterocycles. The smallest absolute Gasteiger partial charge is 0.229 e. The molecule has 1 atom stereocenters. The van der Waals surface area contributed by atoms with E-state index in [1.807, 2.05) is 31.1 Å². The summed E-state index contributed by atoms with van der Waals surface area (Å²) < 4.78 is 0. The zero-order valence-corrected chi connectivity index (χ0v) is 14.8. The number of phenols is 1. The molecule has 7 heteroatoms. The molecule has 1 aliphatic heterocycles. The standard InChI is InChI=1S/C18H24N6O/c1-12(16-20-17(19)22-18(21-16)23(2)3)24-10-8-14(9-11-24)13-4-6-15(25)7-5-13/h4-8,12,25H,9-11H2,1-3H3,(H2,19,20,21,22)/t12-/m0/s1. The lowest BCUT2D eigenvalue weighted by molar-refractivity contribution is 0.225. The molecule has 0 bridgehead atoms. The van der Waals surface area contributed by atoms with Crippen LogP contribution in [-0.4, -0.2) is 52.1 Å². The van der Waals surface area contributed by atoms with Crippen LogP contribution in [0.15, 0.2) is 30.3 Å². The second-order valence-corrected chi connectivity index (χ2v) is 6.44. The van der Waals surface area contributed by atoms with Gasteiger partial charge in [0.2, 0.25) is 11.9 Å². The Morgan fingerprint density at radius 2 is 1.88 bits per heavy atom. The summed E-state index contributed by atoms with van der Waals surface area (Å²) in [5.41, 5.74) is 8.29. The lowest BCUT2D eigenvalue weighted by Crippen LogP contribution is -2.32. The van der Waals surface area contributed by atoms with Gasteiger partial charge in [0.25, 0.3) is 0 Å². The number of hydrogen-bond acceptors (Lipinski definition) is 7. The van der Waals surface area contributed by atoms with E-state index in [1.54, 1.807) is 12.1 Å². The third-order valence-electron chi connectivity index (χ3n) is 4.46. The summed E-state index contributed by atoms with van der Waals surface area (Å²) in [4.78, 5) is 17.1. The molecule has 0 radical (unpaired) electrons. The van der Waals surface area contributed by atoms with Crippen molar-refractivity contribution >= 4 is 17.5 Å². The van der Waals surface area contributed by atoms with Crippen LogP contribution in [0, 0.1) is 0 Å². The van der Waals surface area contributed by atoms with Crippen LogP contribution in [0.1, 0.15) is 30.8 Å². The third-order valence-corrected chi connectivity index (χ3v) is 4.46. The summed E-state index contributed by atoms with van der Waals surface area (Å²) >= 11 is 0. The van der Waals surface area contributed by atoms with Gasteiger partial charge in [0, 0.05) is 27.2 Å². The maximum Gasteiger partial charge on any atom is 0.229 e. The van der Waals surface area contributed by atoms with Crippen molar-refractivity contribution < 1.29 is 5.11 Å². The molecule has 7 nitrogen and oxygen atoms in total. The van der Waals surface area contributed by atoms with Crippen molar-refractivity contribution in [2.45, 2.75) is 19.4 Å². The summed E-state index contributed by atoms with van der Waals surface area (Å²) in [7, 11) is 3.77. The molecule has 3 rings (SSSR count). The highest BCUT2D eigenvalue weighted by Crippen LogP contribution is 2.28. The van der Waals surface area contributed by atoms with E-state index in [0.717, 1.165) is 25.1 Å². The van der Waals surface area contributed by atoms with Crippen molar-refractivity contribution in [3.05, 3.63) is 41.7 Å². The van der Waals surface area contributed by atoms with Crippen molar-refractivity contribution in [2.75, 3.05) is 37.8 Å². The Labute approximate surface area is 147 Å². The average Bonchev–Trinajstić information content (AvgIpc) is 2.61. The summed E-state index contributed by atoms with van der Waals surface area (Å²) in [6.45, 7) is 3.82. The minimum atomic E-state index is 0.0571. The quantitative estimate of drug-likeness (QED) is 0.880. The molecule has 132 valence electrons. The van der Waals surface area contributed by atoms with Gasteiger partial charge in [0.1, 0.15) is 5.75 Å². The van der Waals surface area contributed by atoms with Crippen molar-refractivity contribution in [2.24, 2.45) is 0 Å². The number of nitrogens with zero attached hydrogens (tertiary/aromatic N) is 5. The first kappa shape index (κ1) is 17.2. The molecule has 0 unspecified atom stereocenters. The molecule has 0 fully saturated rings. The van der Waals surface area contributed by atoms with Crippen molar-refractivity contribution in [3.8, 4) is 5.75 Å². The van der Waals surface area contributed by atoms with Crippen LogP contribution >= 0.6 is 0 Å². The maximum atomic E-state index is 9.42. The summed E-state index contributed by atoms with van der Waals surface area (Å²) in [5.74, 6) is 1.81. The molecule has 1 aliphatic rings. The van der Waals surface area contributed by atoms with Crippen LogP contribution in [0.2, 0.25) is 0 Å². The SMILES string of the molecule is C[C@@H](c1nc(N)nc(N(C)C)n1)N1CC=C(c2ccc(O)cc2)CC1. The molecule has 0 amide bonds. The molecule has 3 N–H and O–H groups in total. The van der Waals surface area contributed by atoms with Crippen LogP contribution in [0.4, 0.5) is 11.9 Å². The second kappa shape index (κ2) is 7.06. The molecule has 0 saturated heterocycles. The van der Waals surface area contributed by atoms with Crippen LogP contribution in [0.3, 0.4) is 0 Å². The van der Waals surface area contributed by atoms with E-state index >= 15 is 0 Å². The molecule has 2 heterocycles. The highest BCUT2D eigenvalue weighted by Gasteiger charge is 2.22. The number of aromatic nitrogens is 3. The summed E-state index contributed by atoms with van der Waals surface area (Å²) in [6, 6.07) is 7.41. The van der Waals surface area contributed by atoms with Gasteiger partial charge in [-0.2, -0.15) is 15.0 Å². The van der Waals surface area contributed by atoms with E-state index in [4.69, 9.17) is 5.73 Å². The van der Waals surface area contributed by atoms with Crippen LogP contribution in [0.25, 0.3) is 5.57 Å². The number of aromatic hydroxyl groups is 1. The first-order chi connectivity index (χ1) is 11.9. The van der Waals surface area contributed by atoms with Crippen molar-refractivity contribution in [3.63, 3.8) is 0 Å². The van der Waals surface area contributed by atoms with Gasteiger partial charge in [-0.25, -0.2) is 0 Å². The zero-order chi connectivity index (χ0) is 18.0. The largest absolute Gasteiger partial charge is 0.508 e. The Hall–Kier alpha value is -2.67. The molecule has 2 aromatic rings. The predicted octanol–water partition coefficient (Wildman–Crippen LogP) is 2.08. The fourth-order valence-electron chi connectivity index (χ4n) is 2.92.